The molecule has 7 aromatic carbocycles. The summed E-state index contributed by atoms with van der Waals surface area (Å²) in [7, 11) is 0. The third-order valence-corrected chi connectivity index (χ3v) is 11.9. The van der Waals surface area contributed by atoms with Crippen molar-refractivity contribution < 1.29 is 0 Å². The molecule has 3 heterocycles. The summed E-state index contributed by atoms with van der Waals surface area (Å²) in [6.07, 6.45) is 0. The fourth-order valence-corrected chi connectivity index (χ4v) is 10.2. The van der Waals surface area contributed by atoms with E-state index in [0.717, 1.165) is 0 Å². The summed E-state index contributed by atoms with van der Waals surface area (Å²) in [5, 5.41) is 10.8. The van der Waals surface area contributed by atoms with Crippen LogP contribution >= 0.6 is 22.7 Å². The lowest BCUT2D eigenvalue weighted by molar-refractivity contribution is 1.20. The van der Waals surface area contributed by atoms with Crippen molar-refractivity contribution in [2.75, 3.05) is 0 Å². The lowest BCUT2D eigenvalue weighted by atomic mass is 9.98. The minimum Gasteiger partial charge on any atom is -0.309 e. The van der Waals surface area contributed by atoms with Crippen LogP contribution in [0.5, 0.6) is 0 Å². The number of fused-ring (bicyclic) bond motifs is 14. The molecule has 0 atom stereocenters. The molecular weight excluding hydrogens is 559 g/mol. The van der Waals surface area contributed by atoms with Gasteiger partial charge in [-0.3, -0.25) is 0 Å². The van der Waals surface area contributed by atoms with Gasteiger partial charge in [-0.15, -0.1) is 22.7 Å². The molecule has 3 aromatic heterocycles. The Morgan fingerprint density at radius 3 is 2.02 bits per heavy atom. The molecule has 0 saturated heterocycles. The fraction of sp³-hybridized carbons (Fsp3) is 0. The van der Waals surface area contributed by atoms with E-state index in [1.54, 1.807) is 0 Å². The fourth-order valence-electron chi connectivity index (χ4n) is 7.83. The van der Waals surface area contributed by atoms with Crippen molar-refractivity contribution in [3.05, 3.63) is 127 Å². The second-order valence-corrected chi connectivity index (χ2v) is 13.7. The van der Waals surface area contributed by atoms with Crippen molar-refractivity contribution in [2.45, 2.75) is 0 Å². The van der Waals surface area contributed by atoms with Crippen LogP contribution in [-0.2, 0) is 0 Å². The maximum atomic E-state index is 2.51. The van der Waals surface area contributed by atoms with Crippen LogP contribution in [0.2, 0.25) is 0 Å². The van der Waals surface area contributed by atoms with Crippen LogP contribution in [0.1, 0.15) is 0 Å². The first kappa shape index (κ1) is 22.6. The van der Waals surface area contributed by atoms with Gasteiger partial charge in [0.1, 0.15) is 0 Å². The van der Waals surface area contributed by atoms with E-state index >= 15 is 0 Å². The second-order valence-electron chi connectivity index (χ2n) is 11.6. The molecule has 11 rings (SSSR count). The maximum Gasteiger partial charge on any atom is 0.0556 e. The predicted octanol–water partition coefficient (Wildman–Crippen LogP) is 12.3. The Morgan fingerprint density at radius 2 is 1.12 bits per heavy atom. The quantitative estimate of drug-likeness (QED) is 0.182. The van der Waals surface area contributed by atoms with E-state index in [2.05, 4.69) is 132 Å². The smallest absolute Gasteiger partial charge is 0.0556 e. The summed E-state index contributed by atoms with van der Waals surface area (Å²) in [6.45, 7) is 0. The molecule has 0 spiro atoms. The Kier molecular flexibility index (Phi) is 4.15. The third-order valence-electron chi connectivity index (χ3n) is 9.54. The summed E-state index contributed by atoms with van der Waals surface area (Å²) in [6, 6.07) is 47.6. The molecule has 1 aliphatic carbocycles. The number of para-hydroxylation sites is 1. The minimum absolute atomic E-state index is 1.24. The molecule has 10 aromatic rings. The molecule has 0 fully saturated rings. The molecule has 43 heavy (non-hydrogen) atoms. The van der Waals surface area contributed by atoms with E-state index in [4.69, 9.17) is 0 Å². The number of hydrogen-bond donors (Lipinski definition) is 0. The molecule has 1 aliphatic rings. The standard InChI is InChI=1S/C40H21NS2/c1-4-13-30-27(9-1)38-32(20-16-25-22-8-2-5-14-33(22)43-40(25)38)41(30)31-19-17-29-36-23(11-7-12-26(31)36)24-18-21-35-39(37(24)29)28-10-3-6-15-34(28)42-35/h1-21H. The SMILES string of the molecule is c1ccc2c(c1)sc1c2ccc2c1c1ccccc1n2-c1ccc2c3c(cccc13)-c1ccc3sc4ccccc4c3c1-2. The van der Waals surface area contributed by atoms with Gasteiger partial charge in [0, 0.05) is 56.5 Å². The van der Waals surface area contributed by atoms with Crippen molar-refractivity contribution >= 4 is 95.6 Å². The van der Waals surface area contributed by atoms with E-state index in [-0.39, 0.29) is 0 Å². The van der Waals surface area contributed by atoms with E-state index in [1.807, 2.05) is 22.7 Å². The predicted molar refractivity (Wildman–Crippen MR) is 188 cm³/mol. The van der Waals surface area contributed by atoms with Crippen LogP contribution in [0.25, 0.3) is 101 Å². The molecule has 0 N–H and O–H groups in total. The van der Waals surface area contributed by atoms with Gasteiger partial charge in [-0.05, 0) is 64.0 Å². The van der Waals surface area contributed by atoms with Gasteiger partial charge in [0.2, 0.25) is 0 Å². The minimum atomic E-state index is 1.24. The molecule has 0 bridgehead atoms. The molecule has 0 amide bonds. The lowest BCUT2D eigenvalue weighted by Gasteiger charge is -2.13. The number of benzene rings is 7. The van der Waals surface area contributed by atoms with Crippen LogP contribution < -0.4 is 0 Å². The maximum absolute atomic E-state index is 2.51. The molecule has 3 heteroatoms. The van der Waals surface area contributed by atoms with Gasteiger partial charge in [0.25, 0.3) is 0 Å². The number of rotatable bonds is 1. The van der Waals surface area contributed by atoms with E-state index in [1.165, 1.54) is 101 Å². The summed E-state index contributed by atoms with van der Waals surface area (Å²) in [5.74, 6) is 0. The zero-order chi connectivity index (χ0) is 27.8. The van der Waals surface area contributed by atoms with Crippen LogP contribution in [-0.4, -0.2) is 4.57 Å². The summed E-state index contributed by atoms with van der Waals surface area (Å²) in [5.41, 5.74) is 9.20. The first-order chi connectivity index (χ1) is 21.3. The highest BCUT2D eigenvalue weighted by Gasteiger charge is 2.27. The highest BCUT2D eigenvalue weighted by atomic mass is 32.1. The summed E-state index contributed by atoms with van der Waals surface area (Å²) >= 11 is 3.81. The van der Waals surface area contributed by atoms with Gasteiger partial charge < -0.3 is 4.57 Å². The Morgan fingerprint density at radius 1 is 0.372 bits per heavy atom. The van der Waals surface area contributed by atoms with Crippen molar-refractivity contribution in [3.8, 4) is 27.9 Å². The molecule has 0 saturated carbocycles. The van der Waals surface area contributed by atoms with Crippen LogP contribution in [0.15, 0.2) is 127 Å². The van der Waals surface area contributed by atoms with Crippen molar-refractivity contribution in [1.82, 2.24) is 4.57 Å². The zero-order valence-electron chi connectivity index (χ0n) is 22.9. The normalized spacial score (nSPS) is 12.7. The second kappa shape index (κ2) is 7.90. The number of hydrogen-bond acceptors (Lipinski definition) is 2. The Hall–Kier alpha value is -4.96. The van der Waals surface area contributed by atoms with Gasteiger partial charge in [0.05, 0.1) is 16.7 Å². The Labute approximate surface area is 254 Å². The largest absolute Gasteiger partial charge is 0.309 e. The molecule has 0 aliphatic heterocycles. The average molecular weight is 580 g/mol. The van der Waals surface area contributed by atoms with Gasteiger partial charge in [-0.2, -0.15) is 0 Å². The monoisotopic (exact) mass is 579 g/mol. The number of thiophene rings is 2. The molecule has 0 unspecified atom stereocenters. The lowest BCUT2D eigenvalue weighted by Crippen LogP contribution is -1.95. The van der Waals surface area contributed by atoms with Crippen molar-refractivity contribution in [3.63, 3.8) is 0 Å². The topological polar surface area (TPSA) is 4.93 Å². The van der Waals surface area contributed by atoms with Crippen molar-refractivity contribution in [2.24, 2.45) is 0 Å². The molecule has 198 valence electrons. The number of nitrogens with zero attached hydrogens (tertiary/aromatic N) is 1. The van der Waals surface area contributed by atoms with Crippen LogP contribution in [0.4, 0.5) is 0 Å². The van der Waals surface area contributed by atoms with Crippen LogP contribution in [0.3, 0.4) is 0 Å². The Bertz CT molecular complexity index is 2840. The summed E-state index contributed by atoms with van der Waals surface area (Å²) < 4.78 is 7.94. The molecular formula is C40H21NS2. The summed E-state index contributed by atoms with van der Waals surface area (Å²) in [4.78, 5) is 0. The van der Waals surface area contributed by atoms with E-state index < -0.39 is 0 Å². The van der Waals surface area contributed by atoms with E-state index in [9.17, 15) is 0 Å². The molecule has 1 nitrogen and oxygen atoms in total. The highest BCUT2D eigenvalue weighted by molar-refractivity contribution is 7.27. The third kappa shape index (κ3) is 2.73. The van der Waals surface area contributed by atoms with Crippen molar-refractivity contribution in [1.29, 1.82) is 0 Å². The highest BCUT2D eigenvalue weighted by Crippen LogP contribution is 2.54. The zero-order valence-corrected chi connectivity index (χ0v) is 24.5. The van der Waals surface area contributed by atoms with Gasteiger partial charge in [-0.1, -0.05) is 91.0 Å². The first-order valence-electron chi connectivity index (χ1n) is 14.7. The van der Waals surface area contributed by atoms with Gasteiger partial charge >= 0.3 is 0 Å². The average Bonchev–Trinajstić information content (AvgIpc) is 3.79. The number of aromatic nitrogens is 1. The first-order valence-corrected chi connectivity index (χ1v) is 16.3. The Balaban J connectivity index is 1.27. The van der Waals surface area contributed by atoms with E-state index in [0.29, 0.717) is 0 Å². The van der Waals surface area contributed by atoms with Gasteiger partial charge in [0.15, 0.2) is 0 Å². The van der Waals surface area contributed by atoms with Gasteiger partial charge in [-0.25, -0.2) is 0 Å². The van der Waals surface area contributed by atoms with Crippen LogP contribution in [0, 0.1) is 0 Å². The molecule has 0 radical (unpaired) electrons.